The molecule has 1 aromatic heterocycles. The topological polar surface area (TPSA) is 74.5 Å². The maximum absolute atomic E-state index is 13.1. The lowest BCUT2D eigenvalue weighted by molar-refractivity contribution is 0.0689. The van der Waals surface area contributed by atoms with Crippen LogP contribution in [0.2, 0.25) is 5.02 Å². The first-order valence-corrected chi connectivity index (χ1v) is 10.3. The van der Waals surface area contributed by atoms with E-state index in [1.165, 1.54) is 16.4 Å². The van der Waals surface area contributed by atoms with Crippen LogP contribution in [0, 0.1) is 6.92 Å². The van der Waals surface area contributed by atoms with Gasteiger partial charge in [0.15, 0.2) is 5.16 Å². The second-order valence-corrected chi connectivity index (χ2v) is 8.31. The summed E-state index contributed by atoms with van der Waals surface area (Å²) >= 11 is 7.99. The minimum atomic E-state index is -0.329. The van der Waals surface area contributed by atoms with Gasteiger partial charge in [0, 0.05) is 37.7 Å². The molecule has 2 aromatic rings. The minimum absolute atomic E-state index is 0.0432. The number of aliphatic hydroxyl groups excluding tert-OH is 1. The van der Waals surface area contributed by atoms with Crippen molar-refractivity contribution in [1.82, 2.24) is 24.6 Å². The molecule has 4 rings (SSSR count). The van der Waals surface area contributed by atoms with Gasteiger partial charge < -0.3 is 5.11 Å². The van der Waals surface area contributed by atoms with Crippen molar-refractivity contribution < 1.29 is 9.90 Å². The van der Waals surface area contributed by atoms with Gasteiger partial charge >= 0.3 is 0 Å². The molecule has 0 aliphatic carbocycles. The van der Waals surface area contributed by atoms with E-state index < -0.39 is 0 Å². The summed E-state index contributed by atoms with van der Waals surface area (Å²) in [7, 11) is 0. The summed E-state index contributed by atoms with van der Waals surface area (Å²) in [5.41, 5.74) is 0.961. The molecule has 9 heteroatoms. The van der Waals surface area contributed by atoms with Gasteiger partial charge in [0.2, 0.25) is 0 Å². The number of nitrogens with zero attached hydrogens (tertiary/aromatic N) is 5. The number of fused-ring (bicyclic) bond motifs is 1. The summed E-state index contributed by atoms with van der Waals surface area (Å²) in [6, 6.07) is 7.59. The van der Waals surface area contributed by atoms with E-state index in [9.17, 15) is 9.90 Å². The van der Waals surface area contributed by atoms with Gasteiger partial charge in [0.1, 0.15) is 11.1 Å². The zero-order valence-electron chi connectivity index (χ0n) is 15.1. The number of carbonyl (C=O) groups is 1. The van der Waals surface area contributed by atoms with Gasteiger partial charge in [-0.3, -0.25) is 14.6 Å². The molecule has 3 heterocycles. The van der Waals surface area contributed by atoms with Gasteiger partial charge in [-0.15, -0.1) is 5.10 Å². The van der Waals surface area contributed by atoms with Crippen LogP contribution < -0.4 is 0 Å². The Balaban J connectivity index is 1.63. The highest BCUT2D eigenvalue weighted by Crippen LogP contribution is 2.42. The fraction of sp³-hybridized carbons (Fsp3) is 0.500. The van der Waals surface area contributed by atoms with Gasteiger partial charge in [-0.25, -0.2) is 4.98 Å². The molecular weight excluding hydrogens is 386 g/mol. The molecule has 1 fully saturated rings. The highest BCUT2D eigenvalue weighted by molar-refractivity contribution is 8.00. The highest BCUT2D eigenvalue weighted by Gasteiger charge is 2.44. The molecule has 7 nitrogen and oxygen atoms in total. The molecule has 2 aliphatic heterocycles. The van der Waals surface area contributed by atoms with Crippen LogP contribution in [-0.2, 0) is 0 Å². The third-order valence-electron chi connectivity index (χ3n) is 5.10. The van der Waals surface area contributed by atoms with E-state index in [0.717, 1.165) is 31.7 Å². The lowest BCUT2D eigenvalue weighted by Gasteiger charge is -2.41. The van der Waals surface area contributed by atoms with Gasteiger partial charge in [0.05, 0.1) is 12.6 Å². The molecule has 2 aliphatic rings. The quantitative estimate of drug-likeness (QED) is 0.808. The van der Waals surface area contributed by atoms with Gasteiger partial charge in [-0.1, -0.05) is 41.6 Å². The first-order chi connectivity index (χ1) is 13.1. The van der Waals surface area contributed by atoms with Crippen LogP contribution in [0.15, 0.2) is 29.4 Å². The number of benzene rings is 1. The third kappa shape index (κ3) is 3.64. The Kier molecular flexibility index (Phi) is 5.52. The molecule has 2 unspecified atom stereocenters. The number of β-amino-alcohol motifs (C(OH)–C–C–N with tert-alkyl or cyclic N) is 1. The molecule has 27 heavy (non-hydrogen) atoms. The molecule has 1 aromatic carbocycles. The molecule has 0 spiro atoms. The number of carbonyl (C=O) groups excluding carboxylic acids is 1. The molecule has 1 N–H and O–H groups in total. The van der Waals surface area contributed by atoms with Crippen molar-refractivity contribution >= 4 is 29.3 Å². The number of thioether (sulfide) groups is 1. The lowest BCUT2D eigenvalue weighted by atomic mass is 10.00. The van der Waals surface area contributed by atoms with Crippen molar-refractivity contribution in [3.05, 3.63) is 40.7 Å². The maximum atomic E-state index is 13.1. The van der Waals surface area contributed by atoms with E-state index in [4.69, 9.17) is 11.6 Å². The SMILES string of the molecule is Cc1nc2n(n1)C(=O)C(C(c1ccccc1Cl)N1CCN(CCO)CC1)S2. The standard InChI is InChI=1S/C18H22ClN5O2S/c1-12-20-18-24(21-12)17(26)16(27-18)15(13-4-2-3-5-14(13)19)23-8-6-22(7-9-23)10-11-25/h2-5,15-16,25H,6-11H2,1H3. The fourth-order valence-electron chi connectivity index (χ4n) is 3.77. The van der Waals surface area contributed by atoms with Crippen molar-refractivity contribution in [2.45, 2.75) is 23.4 Å². The number of aryl methyl sites for hydroxylation is 1. The zero-order valence-corrected chi connectivity index (χ0v) is 16.7. The maximum Gasteiger partial charge on any atom is 0.264 e. The smallest absolute Gasteiger partial charge is 0.264 e. The minimum Gasteiger partial charge on any atom is -0.395 e. The first-order valence-electron chi connectivity index (χ1n) is 9.04. The average molecular weight is 408 g/mol. The van der Waals surface area contributed by atoms with Crippen LogP contribution in [0.4, 0.5) is 0 Å². The van der Waals surface area contributed by atoms with Gasteiger partial charge in [-0.2, -0.15) is 4.68 Å². The van der Waals surface area contributed by atoms with Crippen LogP contribution >= 0.6 is 23.4 Å². The number of aliphatic hydroxyl groups is 1. The van der Waals surface area contributed by atoms with E-state index in [2.05, 4.69) is 19.9 Å². The van der Waals surface area contributed by atoms with Crippen LogP contribution in [0.1, 0.15) is 22.2 Å². The van der Waals surface area contributed by atoms with Gasteiger partial charge in [-0.05, 0) is 18.6 Å². The predicted octanol–water partition coefficient (Wildman–Crippen LogP) is 1.71. The van der Waals surface area contributed by atoms with Crippen LogP contribution in [-0.4, -0.2) is 80.2 Å². The Bertz CT molecular complexity index is 837. The number of aromatic nitrogens is 3. The van der Waals surface area contributed by atoms with Crippen LogP contribution in [0.25, 0.3) is 0 Å². The third-order valence-corrected chi connectivity index (χ3v) is 6.63. The highest BCUT2D eigenvalue weighted by atomic mass is 35.5. The molecule has 0 amide bonds. The second kappa shape index (κ2) is 7.89. The Morgan fingerprint density at radius 3 is 2.70 bits per heavy atom. The zero-order chi connectivity index (χ0) is 19.0. The number of piperazine rings is 1. The largest absolute Gasteiger partial charge is 0.395 e. The fourth-order valence-corrected chi connectivity index (χ4v) is 5.31. The number of rotatable bonds is 5. The lowest BCUT2D eigenvalue weighted by Crippen LogP contribution is -2.51. The molecular formula is C18H22ClN5O2S. The van der Waals surface area contributed by atoms with Crippen molar-refractivity contribution in [3.63, 3.8) is 0 Å². The Hall–Kier alpha value is -1.45. The van der Waals surface area contributed by atoms with E-state index in [1.54, 1.807) is 6.92 Å². The molecule has 0 bridgehead atoms. The summed E-state index contributed by atoms with van der Waals surface area (Å²) in [5.74, 6) is 0.564. The molecule has 0 saturated carbocycles. The molecule has 0 radical (unpaired) electrons. The summed E-state index contributed by atoms with van der Waals surface area (Å²) < 4.78 is 1.43. The van der Waals surface area contributed by atoms with Crippen LogP contribution in [0.5, 0.6) is 0 Å². The van der Waals surface area contributed by atoms with E-state index in [0.29, 0.717) is 22.5 Å². The number of halogens is 1. The van der Waals surface area contributed by atoms with Crippen molar-refractivity contribution in [3.8, 4) is 0 Å². The van der Waals surface area contributed by atoms with E-state index in [1.807, 2.05) is 24.3 Å². The first kappa shape index (κ1) is 18.9. The number of hydrogen-bond donors (Lipinski definition) is 1. The van der Waals surface area contributed by atoms with E-state index in [-0.39, 0.29) is 23.8 Å². The van der Waals surface area contributed by atoms with Crippen molar-refractivity contribution in [1.29, 1.82) is 0 Å². The summed E-state index contributed by atoms with van der Waals surface area (Å²) in [6.07, 6.45) is 0. The summed E-state index contributed by atoms with van der Waals surface area (Å²) in [4.78, 5) is 22.0. The van der Waals surface area contributed by atoms with Crippen LogP contribution in [0.3, 0.4) is 0 Å². The Morgan fingerprint density at radius 1 is 1.30 bits per heavy atom. The van der Waals surface area contributed by atoms with E-state index >= 15 is 0 Å². The monoisotopic (exact) mass is 407 g/mol. The molecule has 1 saturated heterocycles. The van der Waals surface area contributed by atoms with Crippen molar-refractivity contribution in [2.24, 2.45) is 0 Å². The average Bonchev–Trinajstić information content (AvgIpc) is 3.16. The Labute approximate surface area is 167 Å². The van der Waals surface area contributed by atoms with Gasteiger partial charge in [0.25, 0.3) is 5.91 Å². The molecule has 144 valence electrons. The predicted molar refractivity (Wildman–Crippen MR) is 104 cm³/mol. The molecule has 2 atom stereocenters. The van der Waals surface area contributed by atoms with Crippen molar-refractivity contribution in [2.75, 3.05) is 39.3 Å². The summed E-state index contributed by atoms with van der Waals surface area (Å²) in [6.45, 7) is 5.98. The number of hydrogen-bond acceptors (Lipinski definition) is 7. The second-order valence-electron chi connectivity index (χ2n) is 6.80. The summed E-state index contributed by atoms with van der Waals surface area (Å²) in [5, 5.41) is 14.4. The Morgan fingerprint density at radius 2 is 2.04 bits per heavy atom. The normalized spacial score (nSPS) is 22.2.